The number of nitrogens with one attached hydrogen (secondary N) is 3. The van der Waals surface area contributed by atoms with Crippen molar-refractivity contribution in [3.05, 3.63) is 46.3 Å². The van der Waals surface area contributed by atoms with Crippen molar-refractivity contribution in [2.75, 3.05) is 33.2 Å². The first kappa shape index (κ1) is 27.3. The number of aromatic nitrogens is 2. The van der Waals surface area contributed by atoms with Crippen LogP contribution in [-0.4, -0.2) is 87.0 Å². The summed E-state index contributed by atoms with van der Waals surface area (Å²) in [6, 6.07) is 3.86. The van der Waals surface area contributed by atoms with Crippen LogP contribution >= 0.6 is 0 Å². The molecule has 0 bridgehead atoms. The number of benzene rings is 1. The molecular weight excluding hydrogens is 521 g/mol. The maximum absolute atomic E-state index is 14.3. The van der Waals surface area contributed by atoms with Gasteiger partial charge in [0.15, 0.2) is 11.6 Å². The number of carbonyl (C=O) groups excluding carboxylic acids is 1. The number of hydrogen-bond acceptors (Lipinski definition) is 7. The summed E-state index contributed by atoms with van der Waals surface area (Å²) < 4.78 is 14.3. The number of rotatable bonds is 5. The van der Waals surface area contributed by atoms with Crippen LogP contribution in [-0.2, 0) is 24.2 Å². The zero-order valence-corrected chi connectivity index (χ0v) is 24.3. The number of halogens is 1. The van der Waals surface area contributed by atoms with Crippen molar-refractivity contribution < 1.29 is 14.3 Å². The van der Waals surface area contributed by atoms with Gasteiger partial charge in [-0.05, 0) is 93.8 Å². The molecule has 4 aliphatic heterocycles. The van der Waals surface area contributed by atoms with E-state index in [-0.39, 0.29) is 35.7 Å². The van der Waals surface area contributed by atoms with Crippen molar-refractivity contribution in [1.29, 1.82) is 0 Å². The number of aromatic hydroxyl groups is 1. The van der Waals surface area contributed by atoms with Gasteiger partial charge >= 0.3 is 0 Å². The SMILES string of the molecule is CCc1cc(O)c(F)cc1C1CCC2C(C1)NNC2c1nc2c([nH]1)CN(C)[C@H](C(=O)N1CC(N3CCCCC3)C1)C2. The molecule has 0 spiro atoms. The van der Waals surface area contributed by atoms with Crippen LogP contribution in [0.5, 0.6) is 5.75 Å². The molecule has 2 aromatic rings. The van der Waals surface area contributed by atoms with Crippen molar-refractivity contribution in [3.8, 4) is 5.75 Å². The normalized spacial score (nSPS) is 31.1. The lowest BCUT2D eigenvalue weighted by atomic mass is 9.73. The van der Waals surface area contributed by atoms with Crippen molar-refractivity contribution in [1.82, 2.24) is 35.5 Å². The maximum Gasteiger partial charge on any atom is 0.240 e. The highest BCUT2D eigenvalue weighted by Gasteiger charge is 2.45. The van der Waals surface area contributed by atoms with Gasteiger partial charge in [-0.1, -0.05) is 13.3 Å². The third kappa shape index (κ3) is 4.96. The van der Waals surface area contributed by atoms with E-state index in [2.05, 4.69) is 44.5 Å². The van der Waals surface area contributed by atoms with E-state index in [9.17, 15) is 14.3 Å². The van der Waals surface area contributed by atoms with E-state index in [4.69, 9.17) is 4.98 Å². The number of phenols is 1. The minimum Gasteiger partial charge on any atom is -0.505 e. The van der Waals surface area contributed by atoms with Gasteiger partial charge in [0, 0.05) is 38.1 Å². The van der Waals surface area contributed by atoms with Crippen LogP contribution in [0.3, 0.4) is 0 Å². The number of imidazole rings is 1. The summed E-state index contributed by atoms with van der Waals surface area (Å²) in [4.78, 5) is 29.0. The summed E-state index contributed by atoms with van der Waals surface area (Å²) in [6.07, 6.45) is 8.22. The van der Waals surface area contributed by atoms with Gasteiger partial charge in [0.05, 0.1) is 23.5 Å². The van der Waals surface area contributed by atoms with E-state index in [1.54, 1.807) is 12.1 Å². The smallest absolute Gasteiger partial charge is 0.240 e. The minimum atomic E-state index is -0.534. The van der Waals surface area contributed by atoms with Gasteiger partial charge in [0.1, 0.15) is 5.82 Å². The number of hydrazine groups is 1. The summed E-state index contributed by atoms with van der Waals surface area (Å²) in [6.45, 7) is 6.83. The molecule has 0 radical (unpaired) electrons. The molecular formula is C31H44FN7O2. The summed E-state index contributed by atoms with van der Waals surface area (Å²) in [5.74, 6) is 1.04. The molecule has 1 aromatic carbocycles. The molecule has 4 unspecified atom stereocenters. The average Bonchev–Trinajstić information content (AvgIpc) is 3.56. The van der Waals surface area contributed by atoms with Crippen LogP contribution < -0.4 is 10.9 Å². The number of hydrogen-bond donors (Lipinski definition) is 4. The molecule has 9 nitrogen and oxygen atoms in total. The van der Waals surface area contributed by atoms with Gasteiger partial charge in [-0.25, -0.2) is 14.8 Å². The van der Waals surface area contributed by atoms with Crippen LogP contribution in [0.25, 0.3) is 0 Å². The number of phenolic OH excluding ortho intramolecular Hbond substituents is 1. The Morgan fingerprint density at radius 1 is 1.15 bits per heavy atom. The quantitative estimate of drug-likeness (QED) is 0.443. The largest absolute Gasteiger partial charge is 0.505 e. The van der Waals surface area contributed by atoms with Gasteiger partial charge < -0.3 is 15.0 Å². The first-order chi connectivity index (χ1) is 19.9. The highest BCUT2D eigenvalue weighted by Crippen LogP contribution is 2.44. The van der Waals surface area contributed by atoms with Crippen LogP contribution in [0, 0.1) is 11.7 Å². The number of amides is 1. The third-order valence-corrected chi connectivity index (χ3v) is 10.7. The monoisotopic (exact) mass is 565 g/mol. The van der Waals surface area contributed by atoms with Gasteiger partial charge in [-0.2, -0.15) is 0 Å². The van der Waals surface area contributed by atoms with Crippen LogP contribution in [0.15, 0.2) is 12.1 Å². The second-order valence-corrected chi connectivity index (χ2v) is 13.1. The molecule has 4 fully saturated rings. The molecule has 5 heterocycles. The fourth-order valence-electron chi connectivity index (χ4n) is 8.17. The Bertz CT molecular complexity index is 1290. The highest BCUT2D eigenvalue weighted by molar-refractivity contribution is 5.83. The van der Waals surface area contributed by atoms with Gasteiger partial charge in [-0.15, -0.1) is 0 Å². The second-order valence-electron chi connectivity index (χ2n) is 13.1. The van der Waals surface area contributed by atoms with Crippen LogP contribution in [0.1, 0.15) is 85.7 Å². The lowest BCUT2D eigenvalue weighted by Gasteiger charge is -2.48. The Balaban J connectivity index is 0.995. The Morgan fingerprint density at radius 3 is 2.73 bits per heavy atom. The van der Waals surface area contributed by atoms with E-state index < -0.39 is 5.82 Å². The zero-order chi connectivity index (χ0) is 28.2. The summed E-state index contributed by atoms with van der Waals surface area (Å²) in [5.41, 5.74) is 11.2. The zero-order valence-electron chi connectivity index (χ0n) is 24.3. The number of carbonyl (C=O) groups is 1. The molecule has 1 saturated carbocycles. The second kappa shape index (κ2) is 10.9. The Labute approximate surface area is 241 Å². The Kier molecular flexibility index (Phi) is 7.29. The van der Waals surface area contributed by atoms with E-state index in [0.29, 0.717) is 24.9 Å². The highest BCUT2D eigenvalue weighted by atomic mass is 19.1. The number of H-pyrrole nitrogens is 1. The van der Waals surface area contributed by atoms with Crippen LogP contribution in [0.4, 0.5) is 4.39 Å². The molecule has 41 heavy (non-hydrogen) atoms. The van der Waals surface area contributed by atoms with E-state index >= 15 is 0 Å². The maximum atomic E-state index is 14.3. The molecule has 5 atom stereocenters. The Morgan fingerprint density at radius 2 is 1.95 bits per heavy atom. The van der Waals surface area contributed by atoms with Gasteiger partial charge in [-0.3, -0.25) is 20.0 Å². The predicted octanol–water partition coefficient (Wildman–Crippen LogP) is 2.97. The number of fused-ring (bicyclic) bond motifs is 2. The van der Waals surface area contributed by atoms with Crippen molar-refractivity contribution in [2.24, 2.45) is 5.92 Å². The van der Waals surface area contributed by atoms with E-state index in [0.717, 1.165) is 67.1 Å². The molecule has 1 aromatic heterocycles. The minimum absolute atomic E-state index is 0.0777. The van der Waals surface area contributed by atoms with Crippen molar-refractivity contribution in [3.63, 3.8) is 0 Å². The number of aromatic amines is 1. The van der Waals surface area contributed by atoms with E-state index in [1.165, 1.54) is 32.4 Å². The number of likely N-dealkylation sites (tertiary alicyclic amines) is 2. The third-order valence-electron chi connectivity index (χ3n) is 10.7. The lowest BCUT2D eigenvalue weighted by Crippen LogP contribution is -2.65. The number of aryl methyl sites for hydroxylation is 1. The fourth-order valence-corrected chi connectivity index (χ4v) is 8.17. The van der Waals surface area contributed by atoms with Crippen molar-refractivity contribution >= 4 is 5.91 Å². The van der Waals surface area contributed by atoms with Crippen molar-refractivity contribution in [2.45, 2.75) is 94.9 Å². The lowest BCUT2D eigenvalue weighted by molar-refractivity contribution is -0.145. The number of likely N-dealkylation sites (N-methyl/N-ethyl adjacent to an activating group) is 1. The van der Waals surface area contributed by atoms with Gasteiger partial charge in [0.25, 0.3) is 0 Å². The molecule has 10 heteroatoms. The Hall–Kier alpha value is -2.53. The van der Waals surface area contributed by atoms with E-state index in [1.807, 2.05) is 0 Å². The molecule has 1 aliphatic carbocycles. The molecule has 3 saturated heterocycles. The summed E-state index contributed by atoms with van der Waals surface area (Å²) >= 11 is 0. The predicted molar refractivity (Wildman–Crippen MR) is 154 cm³/mol. The van der Waals surface area contributed by atoms with Crippen LogP contribution in [0.2, 0.25) is 0 Å². The molecule has 1 amide bonds. The van der Waals surface area contributed by atoms with Gasteiger partial charge in [0.2, 0.25) is 5.91 Å². The first-order valence-corrected chi connectivity index (χ1v) is 15.7. The standard InChI is InChI=1S/C31H44FN7O2/c1-3-18-12-28(40)23(32)13-22(18)19-7-8-21-24(11-19)35-36-29(21)30-33-25-14-27(37(2)17-26(25)34-30)31(41)39-15-20(16-39)38-9-5-4-6-10-38/h12-13,19-21,24,27,29,35-36,40H,3-11,14-17H2,1-2H3,(H,33,34)/t19?,21?,24?,27-,29?/m0/s1. The summed E-state index contributed by atoms with van der Waals surface area (Å²) in [7, 11) is 2.05. The fraction of sp³-hybridized carbons (Fsp3) is 0.677. The average molecular weight is 566 g/mol. The molecule has 4 N–H and O–H groups in total. The topological polar surface area (TPSA) is 99.8 Å². The summed E-state index contributed by atoms with van der Waals surface area (Å²) in [5, 5.41) is 9.87. The first-order valence-electron chi connectivity index (χ1n) is 15.7. The molecule has 222 valence electrons. The molecule has 5 aliphatic rings. The number of nitrogens with zero attached hydrogens (tertiary/aromatic N) is 4. The molecule has 7 rings (SSSR count). The number of piperidine rings is 1.